The average Bonchev–Trinajstić information content (AvgIpc) is 3.04. The van der Waals surface area contributed by atoms with Gasteiger partial charge < -0.3 is 9.47 Å². The summed E-state index contributed by atoms with van der Waals surface area (Å²) in [5.41, 5.74) is 4.51. The number of halogens is 2. The highest BCUT2D eigenvalue weighted by Gasteiger charge is 2.24. The molecule has 29 heavy (non-hydrogen) atoms. The van der Waals surface area contributed by atoms with Crippen molar-refractivity contribution in [3.05, 3.63) is 98.0 Å². The number of carbonyl (C=O) groups excluding carboxylic acids is 1. The number of hydrogen-bond acceptors (Lipinski definition) is 3. The van der Waals surface area contributed by atoms with Gasteiger partial charge in [-0.3, -0.25) is 4.79 Å². The maximum Gasteiger partial charge on any atom is 0.189 e. The fourth-order valence-electron chi connectivity index (χ4n) is 3.37. The first-order valence-electron chi connectivity index (χ1n) is 9.13. The number of hydrogen-bond donors (Lipinski definition) is 0. The van der Waals surface area contributed by atoms with Crippen molar-refractivity contribution in [2.24, 2.45) is 0 Å². The summed E-state index contributed by atoms with van der Waals surface area (Å²) in [6.07, 6.45) is 2.56. The largest absolute Gasteiger partial charge is 0.493 e. The molecule has 1 aliphatic carbocycles. The van der Waals surface area contributed by atoms with Gasteiger partial charge in [-0.25, -0.2) is 0 Å². The number of ketones is 1. The highest BCUT2D eigenvalue weighted by molar-refractivity contribution is 9.10. The number of methoxy groups -OCH3 is 1. The highest BCUT2D eigenvalue weighted by atomic mass is 79.9. The maximum atomic E-state index is 12.6. The van der Waals surface area contributed by atoms with E-state index in [0.717, 1.165) is 32.3 Å². The molecular formula is C24H18BrClO3. The zero-order chi connectivity index (χ0) is 20.4. The Morgan fingerprint density at radius 3 is 2.59 bits per heavy atom. The number of allylic oxidation sites excluding steroid dienone is 1. The predicted molar refractivity (Wildman–Crippen MR) is 119 cm³/mol. The van der Waals surface area contributed by atoms with E-state index < -0.39 is 0 Å². The van der Waals surface area contributed by atoms with Crippen LogP contribution in [0.5, 0.6) is 11.5 Å². The summed E-state index contributed by atoms with van der Waals surface area (Å²) in [5, 5.41) is 0.688. The molecule has 3 nitrogen and oxygen atoms in total. The first-order valence-corrected chi connectivity index (χ1v) is 10.3. The van der Waals surface area contributed by atoms with Crippen molar-refractivity contribution in [2.75, 3.05) is 7.11 Å². The smallest absolute Gasteiger partial charge is 0.189 e. The molecule has 0 bridgehead atoms. The Balaban J connectivity index is 1.58. The number of rotatable bonds is 5. The number of ether oxygens (including phenoxy) is 2. The summed E-state index contributed by atoms with van der Waals surface area (Å²) in [6.45, 7) is 0.389. The van der Waals surface area contributed by atoms with Gasteiger partial charge in [0, 0.05) is 22.6 Å². The number of benzene rings is 3. The summed E-state index contributed by atoms with van der Waals surface area (Å²) in [7, 11) is 1.60. The van der Waals surface area contributed by atoms with E-state index in [9.17, 15) is 4.79 Å². The van der Waals surface area contributed by atoms with E-state index in [1.54, 1.807) is 7.11 Å². The van der Waals surface area contributed by atoms with Gasteiger partial charge in [-0.15, -0.1) is 0 Å². The normalized spacial score (nSPS) is 14.2. The Morgan fingerprint density at radius 1 is 1.10 bits per heavy atom. The molecule has 0 aromatic heterocycles. The topological polar surface area (TPSA) is 35.5 Å². The predicted octanol–water partition coefficient (Wildman–Crippen LogP) is 6.51. The van der Waals surface area contributed by atoms with E-state index in [1.165, 1.54) is 0 Å². The molecule has 3 aromatic carbocycles. The van der Waals surface area contributed by atoms with E-state index in [0.29, 0.717) is 29.5 Å². The Morgan fingerprint density at radius 2 is 1.86 bits per heavy atom. The third kappa shape index (κ3) is 4.24. The van der Waals surface area contributed by atoms with Crippen LogP contribution in [-0.2, 0) is 13.0 Å². The van der Waals surface area contributed by atoms with E-state index >= 15 is 0 Å². The number of Topliss-reactive ketones (excluding diaryl/α,β-unsaturated/α-hetero) is 1. The summed E-state index contributed by atoms with van der Waals surface area (Å²) in [6, 6.07) is 19.1. The van der Waals surface area contributed by atoms with Gasteiger partial charge in [-0.1, -0.05) is 48.0 Å². The first kappa shape index (κ1) is 19.7. The van der Waals surface area contributed by atoms with Crippen LogP contribution in [0.25, 0.3) is 6.08 Å². The molecule has 0 fully saturated rings. The van der Waals surface area contributed by atoms with Gasteiger partial charge in [0.15, 0.2) is 17.3 Å². The van der Waals surface area contributed by atoms with Gasteiger partial charge in [-0.2, -0.15) is 0 Å². The SMILES string of the molecule is COc1cc(/C=C2\Cc3ccccc3C2=O)cc(Br)c1OCc1ccc(Cl)cc1. The van der Waals surface area contributed by atoms with Crippen LogP contribution < -0.4 is 9.47 Å². The van der Waals surface area contributed by atoms with Gasteiger partial charge in [0.05, 0.1) is 11.6 Å². The van der Waals surface area contributed by atoms with Crippen LogP contribution in [0.15, 0.2) is 70.7 Å². The van der Waals surface area contributed by atoms with Crippen LogP contribution >= 0.6 is 27.5 Å². The van der Waals surface area contributed by atoms with Gasteiger partial charge >= 0.3 is 0 Å². The second-order valence-corrected chi connectivity index (χ2v) is 8.07. The van der Waals surface area contributed by atoms with Crippen LogP contribution in [0, 0.1) is 0 Å². The second kappa shape index (κ2) is 8.44. The van der Waals surface area contributed by atoms with Crippen molar-refractivity contribution in [2.45, 2.75) is 13.0 Å². The molecule has 0 unspecified atom stereocenters. The lowest BCUT2D eigenvalue weighted by atomic mass is 10.1. The molecule has 0 heterocycles. The van der Waals surface area contributed by atoms with Gasteiger partial charge in [0.25, 0.3) is 0 Å². The number of fused-ring (bicyclic) bond motifs is 1. The molecule has 0 spiro atoms. The molecule has 0 saturated heterocycles. The Bertz CT molecular complexity index is 1100. The molecule has 4 rings (SSSR count). The molecule has 0 atom stereocenters. The van der Waals surface area contributed by atoms with Crippen LogP contribution in [0.4, 0.5) is 0 Å². The quantitative estimate of drug-likeness (QED) is 0.399. The fraction of sp³-hybridized carbons (Fsp3) is 0.125. The Labute approximate surface area is 183 Å². The van der Waals surface area contributed by atoms with E-state index in [4.69, 9.17) is 21.1 Å². The van der Waals surface area contributed by atoms with Crippen LogP contribution in [0.1, 0.15) is 27.0 Å². The molecule has 0 aliphatic heterocycles. The molecule has 3 aromatic rings. The third-order valence-electron chi connectivity index (χ3n) is 4.82. The summed E-state index contributed by atoms with van der Waals surface area (Å²) >= 11 is 9.51. The Kier molecular flexibility index (Phi) is 5.74. The molecule has 5 heteroatoms. The van der Waals surface area contributed by atoms with E-state index in [2.05, 4.69) is 15.9 Å². The van der Waals surface area contributed by atoms with Crippen molar-refractivity contribution in [1.82, 2.24) is 0 Å². The average molecular weight is 470 g/mol. The number of carbonyl (C=O) groups is 1. The third-order valence-corrected chi connectivity index (χ3v) is 5.66. The lowest BCUT2D eigenvalue weighted by Crippen LogP contribution is -1.99. The van der Waals surface area contributed by atoms with Gasteiger partial charge in [0.1, 0.15) is 6.61 Å². The second-order valence-electron chi connectivity index (χ2n) is 6.78. The van der Waals surface area contributed by atoms with Crippen LogP contribution in [0.2, 0.25) is 5.02 Å². The molecule has 0 saturated carbocycles. The first-order chi connectivity index (χ1) is 14.0. The van der Waals surface area contributed by atoms with E-state index in [1.807, 2.05) is 66.7 Å². The van der Waals surface area contributed by atoms with Gasteiger partial charge in [-0.05, 0) is 63.0 Å². The van der Waals surface area contributed by atoms with Crippen molar-refractivity contribution in [3.63, 3.8) is 0 Å². The zero-order valence-electron chi connectivity index (χ0n) is 15.7. The molecule has 0 N–H and O–H groups in total. The minimum Gasteiger partial charge on any atom is -0.493 e. The standard InChI is InChI=1S/C24H18BrClO3/c1-28-22-12-16(10-18-13-17-4-2-3-5-20(17)23(18)27)11-21(25)24(22)29-14-15-6-8-19(26)9-7-15/h2-12H,13-14H2,1H3/b18-10+. The van der Waals surface area contributed by atoms with Crippen molar-refractivity contribution < 1.29 is 14.3 Å². The molecular weight excluding hydrogens is 452 g/mol. The van der Waals surface area contributed by atoms with Crippen LogP contribution in [0.3, 0.4) is 0 Å². The molecule has 146 valence electrons. The zero-order valence-corrected chi connectivity index (χ0v) is 18.1. The van der Waals surface area contributed by atoms with Crippen LogP contribution in [-0.4, -0.2) is 12.9 Å². The van der Waals surface area contributed by atoms with Crippen molar-refractivity contribution in [3.8, 4) is 11.5 Å². The maximum absolute atomic E-state index is 12.6. The Hall–Kier alpha value is -2.56. The van der Waals surface area contributed by atoms with Crippen molar-refractivity contribution in [1.29, 1.82) is 0 Å². The summed E-state index contributed by atoms with van der Waals surface area (Å²) < 4.78 is 12.3. The lowest BCUT2D eigenvalue weighted by Gasteiger charge is -2.14. The van der Waals surface area contributed by atoms with E-state index in [-0.39, 0.29) is 5.78 Å². The summed E-state index contributed by atoms with van der Waals surface area (Å²) in [4.78, 5) is 12.6. The highest BCUT2D eigenvalue weighted by Crippen LogP contribution is 2.38. The molecule has 0 amide bonds. The molecule has 0 radical (unpaired) electrons. The minimum atomic E-state index is 0.0822. The lowest BCUT2D eigenvalue weighted by molar-refractivity contribution is 0.104. The summed E-state index contributed by atoms with van der Waals surface area (Å²) in [5.74, 6) is 1.30. The minimum absolute atomic E-state index is 0.0822. The fourth-order valence-corrected chi connectivity index (χ4v) is 4.07. The molecule has 1 aliphatic rings. The van der Waals surface area contributed by atoms with Gasteiger partial charge in [0.2, 0.25) is 0 Å². The monoisotopic (exact) mass is 468 g/mol. The van der Waals surface area contributed by atoms with Crippen molar-refractivity contribution >= 4 is 39.4 Å².